The van der Waals surface area contributed by atoms with Crippen molar-refractivity contribution in [1.82, 2.24) is 0 Å². The minimum absolute atomic E-state index is 0.00264. The van der Waals surface area contributed by atoms with Crippen LogP contribution in [-0.2, 0) is 6.42 Å². The molecule has 0 amide bonds. The van der Waals surface area contributed by atoms with Crippen molar-refractivity contribution >= 4 is 11.1 Å². The Labute approximate surface area is 116 Å². The summed E-state index contributed by atoms with van der Waals surface area (Å²) in [5, 5.41) is 29.9. The number of allylic oxidation sites excluding steroid dienone is 2. The van der Waals surface area contributed by atoms with Gasteiger partial charge in [0.25, 0.3) is 0 Å². The molecule has 1 aliphatic rings. The van der Waals surface area contributed by atoms with Gasteiger partial charge in [0, 0.05) is 29.2 Å². The van der Waals surface area contributed by atoms with Gasteiger partial charge >= 0.3 is 0 Å². The Morgan fingerprint density at radius 3 is 2.35 bits per heavy atom. The van der Waals surface area contributed by atoms with Gasteiger partial charge in [-0.1, -0.05) is 36.9 Å². The van der Waals surface area contributed by atoms with Crippen molar-refractivity contribution < 1.29 is 15.3 Å². The normalized spacial score (nSPS) is 14.3. The molecule has 1 aliphatic carbocycles. The Morgan fingerprint density at radius 1 is 0.950 bits per heavy atom. The Hall–Kier alpha value is -2.68. The number of benzene rings is 2. The van der Waals surface area contributed by atoms with Gasteiger partial charge in [0.15, 0.2) is 0 Å². The van der Waals surface area contributed by atoms with E-state index in [-0.39, 0.29) is 17.3 Å². The maximum atomic E-state index is 10.3. The molecule has 0 fully saturated rings. The van der Waals surface area contributed by atoms with Crippen LogP contribution < -0.4 is 0 Å². The van der Waals surface area contributed by atoms with Crippen molar-refractivity contribution in [2.24, 2.45) is 0 Å². The van der Waals surface area contributed by atoms with Gasteiger partial charge in [0.1, 0.15) is 17.3 Å². The van der Waals surface area contributed by atoms with Crippen molar-refractivity contribution in [2.75, 3.05) is 0 Å². The van der Waals surface area contributed by atoms with Gasteiger partial charge in [-0.05, 0) is 17.2 Å². The first-order chi connectivity index (χ1) is 9.58. The van der Waals surface area contributed by atoms with Crippen molar-refractivity contribution in [2.45, 2.75) is 6.42 Å². The molecule has 3 heteroatoms. The second-order valence-electron chi connectivity index (χ2n) is 4.85. The molecule has 0 spiro atoms. The lowest BCUT2D eigenvalue weighted by Crippen LogP contribution is -2.07. The molecule has 0 unspecified atom stereocenters. The summed E-state index contributed by atoms with van der Waals surface area (Å²) < 4.78 is 0. The van der Waals surface area contributed by atoms with Crippen molar-refractivity contribution in [3.8, 4) is 11.5 Å². The van der Waals surface area contributed by atoms with Crippen molar-refractivity contribution in [3.05, 3.63) is 71.5 Å². The minimum atomic E-state index is -0.0661. The molecule has 100 valence electrons. The van der Waals surface area contributed by atoms with E-state index in [1.165, 1.54) is 6.07 Å². The van der Waals surface area contributed by atoms with Crippen LogP contribution in [0.25, 0.3) is 11.1 Å². The predicted molar refractivity (Wildman–Crippen MR) is 78.5 cm³/mol. The summed E-state index contributed by atoms with van der Waals surface area (Å²) in [5.74, 6) is 0.0243. The third-order valence-electron chi connectivity index (χ3n) is 3.55. The van der Waals surface area contributed by atoms with Crippen LogP contribution in [-0.4, -0.2) is 15.3 Å². The van der Waals surface area contributed by atoms with Crippen LogP contribution in [0.3, 0.4) is 0 Å². The van der Waals surface area contributed by atoms with Crippen LogP contribution in [0.5, 0.6) is 11.5 Å². The van der Waals surface area contributed by atoms with Crippen LogP contribution in [0.15, 0.2) is 54.8 Å². The molecule has 0 radical (unpaired) electrons. The molecule has 20 heavy (non-hydrogen) atoms. The van der Waals surface area contributed by atoms with E-state index in [2.05, 4.69) is 6.58 Å². The fourth-order valence-corrected chi connectivity index (χ4v) is 2.61. The van der Waals surface area contributed by atoms with Gasteiger partial charge in [-0.3, -0.25) is 0 Å². The SMILES string of the molecule is C=C1C(O)=C(c2ccccc2)Cc2cc(O)cc(O)c21. The van der Waals surface area contributed by atoms with E-state index in [1.54, 1.807) is 6.07 Å². The van der Waals surface area contributed by atoms with Gasteiger partial charge in [-0.25, -0.2) is 0 Å². The molecule has 0 saturated carbocycles. The molecule has 3 N–H and O–H groups in total. The lowest BCUT2D eigenvalue weighted by atomic mass is 9.84. The molecule has 2 aromatic carbocycles. The highest BCUT2D eigenvalue weighted by Gasteiger charge is 2.25. The van der Waals surface area contributed by atoms with E-state index in [9.17, 15) is 15.3 Å². The summed E-state index contributed by atoms with van der Waals surface area (Å²) >= 11 is 0. The van der Waals surface area contributed by atoms with E-state index >= 15 is 0 Å². The maximum absolute atomic E-state index is 10.3. The van der Waals surface area contributed by atoms with Gasteiger partial charge in [-0.2, -0.15) is 0 Å². The van der Waals surface area contributed by atoms with E-state index in [0.717, 1.165) is 16.7 Å². The molecule has 0 aromatic heterocycles. The Morgan fingerprint density at radius 2 is 1.65 bits per heavy atom. The smallest absolute Gasteiger partial charge is 0.127 e. The number of aliphatic hydroxyl groups excluding tert-OH is 1. The van der Waals surface area contributed by atoms with Crippen LogP contribution in [0.1, 0.15) is 16.7 Å². The molecule has 0 saturated heterocycles. The predicted octanol–water partition coefficient (Wildman–Crippen LogP) is 3.64. The molecular formula is C17H14O3. The second kappa shape index (κ2) is 4.46. The van der Waals surface area contributed by atoms with Crippen LogP contribution in [0.2, 0.25) is 0 Å². The van der Waals surface area contributed by atoms with Gasteiger partial charge in [0.05, 0.1) is 0 Å². The first-order valence-electron chi connectivity index (χ1n) is 6.30. The lowest BCUT2D eigenvalue weighted by molar-refractivity contribution is 0.430. The average molecular weight is 266 g/mol. The Kier molecular flexibility index (Phi) is 2.75. The average Bonchev–Trinajstić information content (AvgIpc) is 2.43. The number of fused-ring (bicyclic) bond motifs is 1. The zero-order valence-electron chi connectivity index (χ0n) is 10.8. The monoisotopic (exact) mass is 266 g/mol. The summed E-state index contributed by atoms with van der Waals surface area (Å²) in [6.45, 7) is 3.85. The molecule has 3 nitrogen and oxygen atoms in total. The first kappa shape index (κ1) is 12.4. The summed E-state index contributed by atoms with van der Waals surface area (Å²) in [5.41, 5.74) is 3.28. The van der Waals surface area contributed by atoms with Crippen LogP contribution >= 0.6 is 0 Å². The van der Waals surface area contributed by atoms with Gasteiger partial charge < -0.3 is 15.3 Å². The third kappa shape index (κ3) is 1.84. The van der Waals surface area contributed by atoms with Gasteiger partial charge in [-0.15, -0.1) is 0 Å². The Balaban J connectivity index is 2.18. The Bertz CT molecular complexity index is 727. The maximum Gasteiger partial charge on any atom is 0.127 e. The van der Waals surface area contributed by atoms with Gasteiger partial charge in [0.2, 0.25) is 0 Å². The number of phenols is 2. The highest BCUT2D eigenvalue weighted by atomic mass is 16.3. The number of aromatic hydroxyl groups is 2. The summed E-state index contributed by atoms with van der Waals surface area (Å²) in [7, 11) is 0. The van der Waals surface area contributed by atoms with Crippen molar-refractivity contribution in [3.63, 3.8) is 0 Å². The molecule has 0 aliphatic heterocycles. The summed E-state index contributed by atoms with van der Waals surface area (Å²) in [6, 6.07) is 12.4. The summed E-state index contributed by atoms with van der Waals surface area (Å²) in [4.78, 5) is 0. The zero-order valence-corrected chi connectivity index (χ0v) is 10.8. The van der Waals surface area contributed by atoms with Crippen molar-refractivity contribution in [1.29, 1.82) is 0 Å². The highest BCUT2D eigenvalue weighted by Crippen LogP contribution is 2.42. The van der Waals surface area contributed by atoms with Crippen LogP contribution in [0.4, 0.5) is 0 Å². The third-order valence-corrected chi connectivity index (χ3v) is 3.55. The van der Waals surface area contributed by atoms with E-state index < -0.39 is 0 Å². The lowest BCUT2D eigenvalue weighted by Gasteiger charge is -2.23. The topological polar surface area (TPSA) is 60.7 Å². The molecule has 0 heterocycles. The number of aliphatic hydroxyl groups is 1. The minimum Gasteiger partial charge on any atom is -0.508 e. The molecule has 2 aromatic rings. The molecule has 3 rings (SSSR count). The number of phenolic OH excluding ortho intramolecular Hbond substituents is 2. The number of rotatable bonds is 1. The molecule has 0 bridgehead atoms. The molecular weight excluding hydrogens is 252 g/mol. The van der Waals surface area contributed by atoms with E-state index in [0.29, 0.717) is 17.6 Å². The zero-order chi connectivity index (χ0) is 14.3. The highest BCUT2D eigenvalue weighted by molar-refractivity contribution is 5.93. The molecule has 0 atom stereocenters. The van der Waals surface area contributed by atoms with E-state index in [4.69, 9.17) is 0 Å². The quantitative estimate of drug-likeness (QED) is 0.738. The van der Waals surface area contributed by atoms with E-state index in [1.807, 2.05) is 30.3 Å². The second-order valence-corrected chi connectivity index (χ2v) is 4.85. The largest absolute Gasteiger partial charge is 0.508 e. The van der Waals surface area contributed by atoms with Crippen LogP contribution in [0, 0.1) is 0 Å². The summed E-state index contributed by atoms with van der Waals surface area (Å²) in [6.07, 6.45) is 0.437. The number of hydrogen-bond donors (Lipinski definition) is 3. The fraction of sp³-hybridized carbons (Fsp3) is 0.0588. The standard InChI is InChI=1S/C17H14O3/c1-10-16-12(7-13(18)9-15(16)19)8-14(17(10)20)11-5-3-2-4-6-11/h2-7,9,18-20H,1,8H2. The first-order valence-corrected chi connectivity index (χ1v) is 6.30. The fourth-order valence-electron chi connectivity index (χ4n) is 2.61. The number of hydrogen-bond acceptors (Lipinski definition) is 3.